The van der Waals surface area contributed by atoms with Crippen molar-refractivity contribution >= 4 is 14.7 Å². The Kier molecular flexibility index (Phi) is 15.9. The summed E-state index contributed by atoms with van der Waals surface area (Å²) in [6.45, 7) is 11.2. The molecule has 0 saturated carbocycles. The molecule has 2 nitrogen and oxygen atoms in total. The second-order valence-corrected chi connectivity index (χ2v) is 8.42. The largest absolute Gasteiger partial charge is 3.00 e. The molecule has 1 aliphatic carbocycles. The van der Waals surface area contributed by atoms with E-state index in [2.05, 4.69) is 55.6 Å². The van der Waals surface area contributed by atoms with Crippen LogP contribution in [0, 0.1) is 6.08 Å². The Labute approximate surface area is 158 Å². The van der Waals surface area contributed by atoms with E-state index in [4.69, 9.17) is 0 Å². The molecule has 1 aliphatic rings. The molecular weight excluding hydrogens is 355 g/mol. The van der Waals surface area contributed by atoms with Crippen molar-refractivity contribution in [3.05, 3.63) is 42.8 Å². The van der Waals surface area contributed by atoms with Crippen LogP contribution in [0.15, 0.2) is 36.7 Å². The van der Waals surface area contributed by atoms with Crippen LogP contribution >= 0.6 is 0 Å². The molecule has 117 valence electrons. The summed E-state index contributed by atoms with van der Waals surface area (Å²) in [7, 11) is -0.546. The third-order valence-corrected chi connectivity index (χ3v) is 3.75. The molecule has 21 heavy (non-hydrogen) atoms. The van der Waals surface area contributed by atoms with Crippen LogP contribution in [-0.4, -0.2) is 19.1 Å². The Balaban J connectivity index is -0.000000277. The van der Waals surface area contributed by atoms with Gasteiger partial charge in [0.25, 0.3) is 0 Å². The maximum absolute atomic E-state index is 3.52. The summed E-state index contributed by atoms with van der Waals surface area (Å²) in [6.07, 6.45) is 12.3. The molecule has 0 atom stereocenters. The van der Waals surface area contributed by atoms with Gasteiger partial charge >= 0.3 is 21.7 Å². The van der Waals surface area contributed by atoms with Gasteiger partial charge in [0, 0.05) is 5.54 Å². The van der Waals surface area contributed by atoms with Crippen molar-refractivity contribution in [2.45, 2.75) is 45.8 Å². The second-order valence-electron chi connectivity index (χ2n) is 5.82. The van der Waals surface area contributed by atoms with Crippen LogP contribution in [-0.2, 0) is 21.7 Å². The number of allylic oxidation sites excluding steroid dienone is 4. The van der Waals surface area contributed by atoms with Gasteiger partial charge in [-0.05, 0) is 45.3 Å². The third-order valence-electron chi connectivity index (χ3n) is 2.30. The van der Waals surface area contributed by atoms with Gasteiger partial charge in [0.2, 0.25) is 0 Å². The van der Waals surface area contributed by atoms with Gasteiger partial charge in [-0.15, -0.1) is 12.1 Å². The van der Waals surface area contributed by atoms with E-state index < -0.39 is 8.96 Å². The molecule has 1 aromatic rings. The molecule has 0 unspecified atom stereocenters. The first kappa shape index (κ1) is 26.1. The van der Waals surface area contributed by atoms with E-state index in [-0.39, 0.29) is 46.5 Å². The number of rotatable bonds is 2. The minimum Gasteiger partial charge on any atom is -1.00 e. The van der Waals surface area contributed by atoms with Gasteiger partial charge in [-0.3, -0.25) is 6.08 Å². The first-order valence-electron chi connectivity index (χ1n) is 6.56. The van der Waals surface area contributed by atoms with Crippen molar-refractivity contribution in [2.24, 2.45) is 0 Å². The van der Waals surface area contributed by atoms with E-state index in [1.165, 1.54) is 5.70 Å². The fourth-order valence-electron chi connectivity index (χ4n) is 1.94. The molecule has 0 bridgehead atoms. The average molecular weight is 380 g/mol. The molecule has 0 spiro atoms. The minimum absolute atomic E-state index is 0. The maximum atomic E-state index is 3.52. The smallest absolute Gasteiger partial charge is 1.00 e. The molecule has 2 rings (SSSR count). The van der Waals surface area contributed by atoms with Gasteiger partial charge in [0.05, 0.1) is 0 Å². The van der Waals surface area contributed by atoms with E-state index in [9.17, 15) is 0 Å². The first-order chi connectivity index (χ1) is 8.38. The van der Waals surface area contributed by atoms with Crippen molar-refractivity contribution in [1.82, 2.24) is 9.55 Å². The van der Waals surface area contributed by atoms with Gasteiger partial charge in [-0.2, -0.15) is 6.08 Å². The number of hydrogen-bond donors (Lipinski definition) is 1. The van der Waals surface area contributed by atoms with Crippen LogP contribution < -0.4 is 29.8 Å². The number of nitrogens with zero attached hydrogens (tertiary/aromatic N) is 1. The van der Waals surface area contributed by atoms with E-state index in [0.29, 0.717) is 5.54 Å². The summed E-state index contributed by atoms with van der Waals surface area (Å²) in [5.74, 6) is 0. The maximum Gasteiger partial charge on any atom is 3.00 e. The van der Waals surface area contributed by atoms with Crippen molar-refractivity contribution in [2.75, 3.05) is 0 Å². The monoisotopic (exact) mass is 379 g/mol. The van der Waals surface area contributed by atoms with Crippen molar-refractivity contribution in [3.8, 4) is 0 Å². The first-order valence-corrected chi connectivity index (χ1v) is 9.45. The molecular formula is C15H25Cl2N2SiTi. The van der Waals surface area contributed by atoms with Crippen LogP contribution in [0.1, 0.15) is 27.2 Å². The summed E-state index contributed by atoms with van der Waals surface area (Å²) in [6, 6.07) is 4.04. The fourth-order valence-corrected chi connectivity index (χ4v) is 3.67. The van der Waals surface area contributed by atoms with Gasteiger partial charge in [-0.25, -0.2) is 6.08 Å². The minimum atomic E-state index is -0.546. The summed E-state index contributed by atoms with van der Waals surface area (Å²) in [5.41, 5.74) is 1.56. The second kappa shape index (κ2) is 12.7. The van der Waals surface area contributed by atoms with Crippen LogP contribution in [0.5, 0.6) is 0 Å². The molecule has 0 saturated heterocycles. The van der Waals surface area contributed by atoms with E-state index >= 15 is 0 Å². The van der Waals surface area contributed by atoms with Gasteiger partial charge in [-0.1, -0.05) is 13.1 Å². The van der Waals surface area contributed by atoms with Crippen LogP contribution in [0.25, 0.3) is 5.70 Å². The Morgan fingerprint density at radius 2 is 1.67 bits per heavy atom. The average Bonchev–Trinajstić information content (AvgIpc) is 2.88. The zero-order valence-corrected chi connectivity index (χ0v) is 17.7. The standard InChI is InChI=1S/C9H8N.C6H17NSi.2ClH.Ti/c1-2-6-9(5-1)10-7-3-4-8-10;1-6(2,3)7-8(4)5;;;/h3-8H,1H2;7-8H,1-5H3;2*1H;/q-1;;;;+3/p-2. The zero-order valence-electron chi connectivity index (χ0n) is 13.5. The molecule has 1 N–H and O–H groups in total. The topological polar surface area (TPSA) is 17.0 Å². The molecule has 0 aliphatic heterocycles. The molecule has 0 amide bonds. The number of halogens is 2. The fraction of sp³-hybridized carbons (Fsp3) is 0.467. The number of aromatic nitrogens is 1. The molecule has 1 radical (unpaired) electrons. The molecule has 1 aromatic heterocycles. The van der Waals surface area contributed by atoms with Crippen molar-refractivity contribution in [3.63, 3.8) is 0 Å². The molecule has 1 heterocycles. The molecule has 0 fully saturated rings. The predicted octanol–water partition coefficient (Wildman–Crippen LogP) is -2.54. The quantitative estimate of drug-likeness (QED) is 0.442. The Morgan fingerprint density at radius 3 is 1.95 bits per heavy atom. The van der Waals surface area contributed by atoms with E-state index in [1.807, 2.05) is 30.6 Å². The van der Waals surface area contributed by atoms with Crippen LogP contribution in [0.4, 0.5) is 0 Å². The van der Waals surface area contributed by atoms with Crippen LogP contribution in [0.3, 0.4) is 0 Å². The van der Waals surface area contributed by atoms with E-state index in [1.54, 1.807) is 0 Å². The summed E-state index contributed by atoms with van der Waals surface area (Å²) >= 11 is 0. The van der Waals surface area contributed by atoms with Gasteiger partial charge in [0.15, 0.2) is 0 Å². The predicted molar refractivity (Wildman–Crippen MR) is 82.9 cm³/mol. The summed E-state index contributed by atoms with van der Waals surface area (Å²) < 4.78 is 2.08. The molecule has 6 heteroatoms. The third kappa shape index (κ3) is 12.5. The Hall–Kier alpha value is 0.231. The van der Waals surface area contributed by atoms with E-state index in [0.717, 1.165) is 6.42 Å². The van der Waals surface area contributed by atoms with Gasteiger partial charge < -0.3 is 34.4 Å². The zero-order chi connectivity index (χ0) is 13.6. The van der Waals surface area contributed by atoms with Crippen molar-refractivity contribution < 1.29 is 46.5 Å². The summed E-state index contributed by atoms with van der Waals surface area (Å²) in [4.78, 5) is 3.52. The Bertz CT molecular complexity index is 410. The normalized spacial score (nSPS) is 12.4. The SMILES string of the molecule is C[SiH](C)NC(C)(C)C.[C-]1=CC(n2cccc2)=CC1.[Cl-].[Cl-].[Ti+3]. The van der Waals surface area contributed by atoms with Crippen LogP contribution in [0.2, 0.25) is 13.1 Å². The number of nitrogens with one attached hydrogen (secondary N) is 1. The number of hydrogen-bond acceptors (Lipinski definition) is 1. The van der Waals surface area contributed by atoms with Crippen molar-refractivity contribution in [1.29, 1.82) is 0 Å². The Morgan fingerprint density at radius 1 is 1.14 bits per heavy atom. The molecule has 0 aromatic carbocycles. The van der Waals surface area contributed by atoms with Gasteiger partial charge in [0.1, 0.15) is 8.96 Å². The summed E-state index contributed by atoms with van der Waals surface area (Å²) in [5, 5.41) is 0.